The molecule has 0 rings (SSSR count). The number of hydrogen-bond donors (Lipinski definition) is 0. The second-order valence-corrected chi connectivity index (χ2v) is 6.88. The van der Waals surface area contributed by atoms with Gasteiger partial charge in [0.05, 0.1) is 0 Å². The summed E-state index contributed by atoms with van der Waals surface area (Å²) < 4.78 is 174. The van der Waals surface area contributed by atoms with Gasteiger partial charge in [0.1, 0.15) is 0 Å². The summed E-state index contributed by atoms with van der Waals surface area (Å²) in [6, 6.07) is 0. The Morgan fingerprint density at radius 2 is 0.500 bits per heavy atom. The molecule has 0 bridgehead atoms. The van der Waals surface area contributed by atoms with Gasteiger partial charge < -0.3 is 0 Å². The maximum absolute atomic E-state index is 13.0. The first-order valence-corrected chi connectivity index (χ1v) is 8.85. The lowest BCUT2D eigenvalue weighted by Crippen LogP contribution is -2.51. The molecule has 14 heteroatoms. The Balaban J connectivity index is 4.03. The van der Waals surface area contributed by atoms with Crippen LogP contribution in [0.25, 0.3) is 0 Å². The molecule has 0 aliphatic rings. The average Bonchev–Trinajstić information content (AvgIpc) is 2.54. The van der Waals surface area contributed by atoms with Gasteiger partial charge in [-0.15, -0.1) is 0 Å². The van der Waals surface area contributed by atoms with E-state index in [9.17, 15) is 61.5 Å². The van der Waals surface area contributed by atoms with Crippen LogP contribution in [-0.4, -0.2) is 36.0 Å². The second-order valence-electron chi connectivity index (χ2n) is 6.88. The van der Waals surface area contributed by atoms with Crippen LogP contribution in [0.3, 0.4) is 0 Å². The fourth-order valence-electron chi connectivity index (χ4n) is 2.48. The molecule has 0 aromatic rings. The van der Waals surface area contributed by atoms with Gasteiger partial charge in [0.15, 0.2) is 0 Å². The highest BCUT2D eigenvalue weighted by molar-refractivity contribution is 4.91. The molecule has 0 atom stereocenters. The lowest BCUT2D eigenvalue weighted by Gasteiger charge is -2.28. The van der Waals surface area contributed by atoms with Crippen molar-refractivity contribution in [3.63, 3.8) is 0 Å². The van der Waals surface area contributed by atoms with E-state index in [1.54, 1.807) is 0 Å². The van der Waals surface area contributed by atoms with Crippen LogP contribution in [0.2, 0.25) is 0 Å². The number of rotatable bonds is 13. The molecule has 0 spiro atoms. The number of unbranched alkanes of at least 4 members (excludes halogenated alkanes) is 7. The van der Waals surface area contributed by atoms with Crippen molar-refractivity contribution in [1.29, 1.82) is 0 Å². The molecular formula is C16H20F14. The maximum Gasteiger partial charge on any atom is 0.459 e. The predicted molar refractivity (Wildman–Crippen MR) is 78.1 cm³/mol. The smallest absolute Gasteiger partial charge is 0.200 e. The summed E-state index contributed by atoms with van der Waals surface area (Å²) in [5.74, 6) is -22.9. The van der Waals surface area contributed by atoms with Gasteiger partial charge in [0.25, 0.3) is 0 Å². The van der Waals surface area contributed by atoms with E-state index >= 15 is 0 Å². The first-order chi connectivity index (χ1) is 13.2. The molecule has 0 heterocycles. The van der Waals surface area contributed by atoms with Crippen LogP contribution in [0.4, 0.5) is 61.5 Å². The van der Waals surface area contributed by atoms with Crippen molar-refractivity contribution in [2.75, 3.05) is 0 Å². The van der Waals surface area contributed by atoms with Crippen LogP contribution in [0.1, 0.15) is 64.2 Å². The monoisotopic (exact) mass is 478 g/mol. The Labute approximate surface area is 163 Å². The van der Waals surface area contributed by atoms with Gasteiger partial charge in [-0.2, -0.15) is 61.5 Å². The van der Waals surface area contributed by atoms with Crippen molar-refractivity contribution in [3.05, 3.63) is 0 Å². The van der Waals surface area contributed by atoms with Crippen molar-refractivity contribution in [2.45, 2.75) is 100 Å². The minimum absolute atomic E-state index is 0.112. The van der Waals surface area contributed by atoms with Gasteiger partial charge in [-0.25, -0.2) is 0 Å². The standard InChI is InChI=1S/C16H20F14/c17-11(18,13(21,22)15(25,26)27)9-7-5-3-1-2-4-6-8-10-12(19,20)14(23,24)16(28,29)30/h1-10H2. The van der Waals surface area contributed by atoms with Crippen LogP contribution in [0, 0.1) is 0 Å². The zero-order valence-corrected chi connectivity index (χ0v) is 15.4. The minimum Gasteiger partial charge on any atom is -0.200 e. The molecule has 0 saturated heterocycles. The van der Waals surface area contributed by atoms with Crippen LogP contribution >= 0.6 is 0 Å². The third-order valence-corrected chi connectivity index (χ3v) is 4.36. The van der Waals surface area contributed by atoms with E-state index in [1.807, 2.05) is 0 Å². The van der Waals surface area contributed by atoms with Crippen molar-refractivity contribution in [1.82, 2.24) is 0 Å². The van der Waals surface area contributed by atoms with Crippen LogP contribution in [0.5, 0.6) is 0 Å². The first-order valence-electron chi connectivity index (χ1n) is 8.85. The zero-order valence-electron chi connectivity index (χ0n) is 15.4. The first kappa shape index (κ1) is 29.0. The van der Waals surface area contributed by atoms with Crippen molar-refractivity contribution < 1.29 is 61.5 Å². The molecule has 0 unspecified atom stereocenters. The predicted octanol–water partition coefficient (Wildman–Crippen LogP) is 8.55. The van der Waals surface area contributed by atoms with Gasteiger partial charge in [0, 0.05) is 12.8 Å². The number of halogens is 14. The van der Waals surface area contributed by atoms with Gasteiger partial charge in [-0.05, 0) is 12.8 Å². The summed E-state index contributed by atoms with van der Waals surface area (Å²) in [4.78, 5) is 0. The third kappa shape index (κ3) is 7.31. The molecule has 0 saturated carbocycles. The lowest BCUT2D eigenvalue weighted by molar-refractivity contribution is -0.356. The number of hydrogen-bond acceptors (Lipinski definition) is 0. The highest BCUT2D eigenvalue weighted by Crippen LogP contribution is 2.49. The summed E-state index contributed by atoms with van der Waals surface area (Å²) >= 11 is 0. The maximum atomic E-state index is 13.0. The fraction of sp³-hybridized carbons (Fsp3) is 1.00. The summed E-state index contributed by atoms with van der Waals surface area (Å²) in [6.07, 6.45) is -16.8. The topological polar surface area (TPSA) is 0 Å². The van der Waals surface area contributed by atoms with E-state index in [1.165, 1.54) is 0 Å². The molecule has 0 aliphatic heterocycles. The molecule has 0 aliphatic carbocycles. The molecule has 0 radical (unpaired) electrons. The quantitative estimate of drug-likeness (QED) is 0.184. The van der Waals surface area contributed by atoms with E-state index < -0.39 is 61.7 Å². The molecule has 30 heavy (non-hydrogen) atoms. The van der Waals surface area contributed by atoms with Gasteiger partial charge in [-0.3, -0.25) is 0 Å². The zero-order chi connectivity index (χ0) is 24.1. The van der Waals surface area contributed by atoms with E-state index in [2.05, 4.69) is 0 Å². The summed E-state index contributed by atoms with van der Waals surface area (Å²) in [7, 11) is 0. The summed E-state index contributed by atoms with van der Waals surface area (Å²) in [5, 5.41) is 0. The molecule has 0 nitrogen and oxygen atoms in total. The third-order valence-electron chi connectivity index (χ3n) is 4.36. The van der Waals surface area contributed by atoms with Crippen LogP contribution < -0.4 is 0 Å². The number of alkyl halides is 14. The van der Waals surface area contributed by atoms with Gasteiger partial charge in [0.2, 0.25) is 0 Å². The minimum atomic E-state index is -6.39. The Morgan fingerprint density at radius 3 is 0.700 bits per heavy atom. The Kier molecular flexibility index (Phi) is 9.76. The molecular weight excluding hydrogens is 458 g/mol. The molecule has 0 N–H and O–H groups in total. The largest absolute Gasteiger partial charge is 0.459 e. The van der Waals surface area contributed by atoms with Crippen LogP contribution in [0.15, 0.2) is 0 Å². The summed E-state index contributed by atoms with van der Waals surface area (Å²) in [6.45, 7) is 0. The second kappa shape index (κ2) is 10.1. The Hall–Kier alpha value is -0.980. The Bertz CT molecular complexity index is 457. The van der Waals surface area contributed by atoms with E-state index in [4.69, 9.17) is 0 Å². The van der Waals surface area contributed by atoms with Gasteiger partial charge >= 0.3 is 36.0 Å². The summed E-state index contributed by atoms with van der Waals surface area (Å²) in [5.41, 5.74) is 0. The molecule has 0 aromatic carbocycles. The lowest BCUT2D eigenvalue weighted by atomic mass is 10.0. The molecule has 0 aromatic heterocycles. The van der Waals surface area contributed by atoms with Crippen molar-refractivity contribution in [2.24, 2.45) is 0 Å². The highest BCUT2D eigenvalue weighted by Gasteiger charge is 2.73. The van der Waals surface area contributed by atoms with E-state index in [0.29, 0.717) is 0 Å². The van der Waals surface area contributed by atoms with E-state index in [0.717, 1.165) is 0 Å². The molecule has 0 amide bonds. The molecule has 182 valence electrons. The van der Waals surface area contributed by atoms with Crippen molar-refractivity contribution in [3.8, 4) is 0 Å². The SMILES string of the molecule is FC(F)(F)C(F)(F)C(F)(F)CCCCCCCCCCC(F)(F)C(F)(F)C(F)(F)F. The Morgan fingerprint density at radius 1 is 0.300 bits per heavy atom. The van der Waals surface area contributed by atoms with Gasteiger partial charge in [-0.1, -0.05) is 38.5 Å². The van der Waals surface area contributed by atoms with E-state index in [-0.39, 0.29) is 38.5 Å². The fourth-order valence-corrected chi connectivity index (χ4v) is 2.48. The van der Waals surface area contributed by atoms with Crippen LogP contribution in [-0.2, 0) is 0 Å². The molecule has 0 fully saturated rings. The van der Waals surface area contributed by atoms with Crippen molar-refractivity contribution >= 4 is 0 Å². The normalized spacial score (nSPS) is 15.0. The highest BCUT2D eigenvalue weighted by atomic mass is 19.4. The average molecular weight is 478 g/mol.